The van der Waals surface area contributed by atoms with Crippen LogP contribution in [0.4, 0.5) is 0 Å². The fraction of sp³-hybridized carbons (Fsp3) is 0.533. The quantitative estimate of drug-likeness (QED) is 0.860. The molecule has 0 aliphatic heterocycles. The third-order valence-corrected chi connectivity index (χ3v) is 4.25. The van der Waals surface area contributed by atoms with E-state index in [-0.39, 0.29) is 6.04 Å². The molecule has 1 unspecified atom stereocenters. The van der Waals surface area contributed by atoms with Crippen molar-refractivity contribution in [3.05, 3.63) is 28.2 Å². The summed E-state index contributed by atoms with van der Waals surface area (Å²) in [4.78, 5) is 11.6. The zero-order valence-corrected chi connectivity index (χ0v) is 13.1. The number of methoxy groups -OCH3 is 1. The highest BCUT2D eigenvalue weighted by Crippen LogP contribution is 2.30. The molecule has 1 aliphatic carbocycles. The summed E-state index contributed by atoms with van der Waals surface area (Å²) in [6.07, 6.45) is 5.66. The van der Waals surface area contributed by atoms with Crippen molar-refractivity contribution in [1.29, 1.82) is 0 Å². The molecule has 0 saturated heterocycles. The van der Waals surface area contributed by atoms with Crippen LogP contribution < -0.4 is 10.1 Å². The average molecular weight is 342 g/mol. The van der Waals surface area contributed by atoms with Crippen LogP contribution in [0.1, 0.15) is 43.7 Å². The van der Waals surface area contributed by atoms with Crippen LogP contribution in [0.2, 0.25) is 0 Å². The molecular formula is C15H20BrNO3. The fourth-order valence-corrected chi connectivity index (χ4v) is 3.11. The summed E-state index contributed by atoms with van der Waals surface area (Å²) >= 11 is 3.39. The zero-order valence-electron chi connectivity index (χ0n) is 11.6. The van der Waals surface area contributed by atoms with Gasteiger partial charge in [0.15, 0.2) is 0 Å². The molecule has 1 atom stereocenters. The number of aliphatic carboxylic acids is 1. The maximum Gasteiger partial charge on any atom is 0.325 e. The highest BCUT2D eigenvalue weighted by Gasteiger charge is 2.27. The lowest BCUT2D eigenvalue weighted by molar-refractivity contribution is -0.140. The van der Waals surface area contributed by atoms with Gasteiger partial charge in [0.2, 0.25) is 0 Å². The predicted molar refractivity (Wildman–Crippen MR) is 81.1 cm³/mol. The first-order chi connectivity index (χ1) is 9.61. The summed E-state index contributed by atoms with van der Waals surface area (Å²) in [6.45, 7) is 0. The van der Waals surface area contributed by atoms with Gasteiger partial charge in [-0.2, -0.15) is 0 Å². The Kier molecular flexibility index (Phi) is 5.43. The van der Waals surface area contributed by atoms with Crippen LogP contribution in [0, 0.1) is 0 Å². The normalized spacial score (nSPS) is 17.7. The van der Waals surface area contributed by atoms with Crippen LogP contribution in [0.3, 0.4) is 0 Å². The number of carboxylic acid groups (broad SMARTS) is 1. The molecule has 110 valence electrons. The molecule has 0 bridgehead atoms. The number of carbonyl (C=O) groups is 1. The smallest absolute Gasteiger partial charge is 0.325 e. The maximum absolute atomic E-state index is 11.6. The molecule has 2 rings (SSSR count). The monoisotopic (exact) mass is 341 g/mol. The third-order valence-electron chi connectivity index (χ3n) is 3.76. The lowest BCUT2D eigenvalue weighted by Crippen LogP contribution is -2.38. The van der Waals surface area contributed by atoms with Gasteiger partial charge in [0.05, 0.1) is 7.11 Å². The summed E-state index contributed by atoms with van der Waals surface area (Å²) in [5, 5.41) is 12.8. The van der Waals surface area contributed by atoms with Gasteiger partial charge in [-0.25, -0.2) is 0 Å². The molecule has 1 aromatic carbocycles. The van der Waals surface area contributed by atoms with Crippen molar-refractivity contribution >= 4 is 21.9 Å². The van der Waals surface area contributed by atoms with Gasteiger partial charge >= 0.3 is 5.97 Å². The van der Waals surface area contributed by atoms with Gasteiger partial charge in [-0.1, -0.05) is 35.2 Å². The number of nitrogens with one attached hydrogen (secondary N) is 1. The van der Waals surface area contributed by atoms with Gasteiger partial charge in [0.25, 0.3) is 0 Å². The fourth-order valence-electron chi connectivity index (χ4n) is 2.73. The van der Waals surface area contributed by atoms with Crippen molar-refractivity contribution in [1.82, 2.24) is 5.32 Å². The van der Waals surface area contributed by atoms with Crippen molar-refractivity contribution < 1.29 is 14.6 Å². The van der Waals surface area contributed by atoms with Crippen molar-refractivity contribution in [3.63, 3.8) is 0 Å². The van der Waals surface area contributed by atoms with Gasteiger partial charge < -0.3 is 9.84 Å². The first-order valence-corrected chi connectivity index (χ1v) is 7.73. The van der Waals surface area contributed by atoms with Gasteiger partial charge in [0, 0.05) is 16.1 Å². The molecule has 0 amide bonds. The average Bonchev–Trinajstić information content (AvgIpc) is 2.45. The van der Waals surface area contributed by atoms with Crippen LogP contribution in [0.25, 0.3) is 0 Å². The second-order valence-electron chi connectivity index (χ2n) is 5.16. The molecule has 1 fully saturated rings. The van der Waals surface area contributed by atoms with E-state index in [1.807, 2.05) is 12.1 Å². The molecule has 20 heavy (non-hydrogen) atoms. The first-order valence-electron chi connectivity index (χ1n) is 6.94. The largest absolute Gasteiger partial charge is 0.496 e. The number of rotatable bonds is 5. The van der Waals surface area contributed by atoms with Crippen LogP contribution in [-0.4, -0.2) is 24.2 Å². The van der Waals surface area contributed by atoms with Crippen molar-refractivity contribution in [2.24, 2.45) is 0 Å². The summed E-state index contributed by atoms with van der Waals surface area (Å²) in [5.41, 5.74) is 0.667. The standard InChI is InChI=1S/C15H20BrNO3/c1-20-13-8-7-10(16)9-12(13)14(15(18)19)17-11-5-3-2-4-6-11/h7-9,11,14,17H,2-6H2,1H3,(H,18,19). The Morgan fingerprint density at radius 3 is 2.70 bits per heavy atom. The molecule has 1 aromatic rings. The molecule has 2 N–H and O–H groups in total. The second-order valence-corrected chi connectivity index (χ2v) is 6.07. The van der Waals surface area contributed by atoms with Crippen LogP contribution in [0.5, 0.6) is 5.75 Å². The lowest BCUT2D eigenvalue weighted by atomic mass is 9.94. The van der Waals surface area contributed by atoms with E-state index in [2.05, 4.69) is 21.2 Å². The molecule has 0 radical (unpaired) electrons. The number of hydrogen-bond donors (Lipinski definition) is 2. The number of ether oxygens (including phenoxy) is 1. The van der Waals surface area contributed by atoms with E-state index in [0.29, 0.717) is 11.3 Å². The maximum atomic E-state index is 11.6. The molecule has 5 heteroatoms. The first kappa shape index (κ1) is 15.3. The second kappa shape index (κ2) is 7.09. The Bertz CT molecular complexity index is 472. The number of halogens is 1. The summed E-state index contributed by atoms with van der Waals surface area (Å²) in [5.74, 6) is -0.268. The summed E-state index contributed by atoms with van der Waals surface area (Å²) in [7, 11) is 1.56. The number of carboxylic acids is 1. The van der Waals surface area contributed by atoms with E-state index in [4.69, 9.17) is 4.74 Å². The Hall–Kier alpha value is -1.07. The van der Waals surface area contributed by atoms with Crippen LogP contribution in [-0.2, 0) is 4.79 Å². The molecule has 0 aromatic heterocycles. The molecule has 1 aliphatic rings. The molecule has 0 spiro atoms. The van der Waals surface area contributed by atoms with Crippen molar-refractivity contribution in [2.75, 3.05) is 7.11 Å². The van der Waals surface area contributed by atoms with Gasteiger partial charge in [-0.3, -0.25) is 10.1 Å². The Balaban J connectivity index is 2.23. The Morgan fingerprint density at radius 1 is 1.40 bits per heavy atom. The minimum absolute atomic E-state index is 0.272. The molecular weight excluding hydrogens is 322 g/mol. The number of benzene rings is 1. The summed E-state index contributed by atoms with van der Waals surface area (Å²) < 4.78 is 6.15. The van der Waals surface area contributed by atoms with E-state index in [9.17, 15) is 9.90 Å². The molecule has 0 heterocycles. The minimum Gasteiger partial charge on any atom is -0.496 e. The Labute approximate surface area is 127 Å². The van der Waals surface area contributed by atoms with Gasteiger partial charge in [0.1, 0.15) is 11.8 Å². The topological polar surface area (TPSA) is 58.6 Å². The third kappa shape index (κ3) is 3.73. The zero-order chi connectivity index (χ0) is 14.5. The highest BCUT2D eigenvalue weighted by atomic mass is 79.9. The summed E-state index contributed by atoms with van der Waals surface area (Å²) in [6, 6.07) is 4.99. The van der Waals surface area contributed by atoms with Crippen LogP contribution >= 0.6 is 15.9 Å². The van der Waals surface area contributed by atoms with Crippen molar-refractivity contribution in [2.45, 2.75) is 44.2 Å². The highest BCUT2D eigenvalue weighted by molar-refractivity contribution is 9.10. The van der Waals surface area contributed by atoms with Gasteiger partial charge in [-0.05, 0) is 31.0 Å². The number of hydrogen-bond acceptors (Lipinski definition) is 3. The van der Waals surface area contributed by atoms with E-state index in [1.165, 1.54) is 19.3 Å². The van der Waals surface area contributed by atoms with E-state index in [1.54, 1.807) is 13.2 Å². The van der Waals surface area contributed by atoms with E-state index in [0.717, 1.165) is 17.3 Å². The van der Waals surface area contributed by atoms with Gasteiger partial charge in [-0.15, -0.1) is 0 Å². The predicted octanol–water partition coefficient (Wildman–Crippen LogP) is 3.51. The van der Waals surface area contributed by atoms with E-state index >= 15 is 0 Å². The minimum atomic E-state index is -0.869. The Morgan fingerprint density at radius 2 is 2.10 bits per heavy atom. The van der Waals surface area contributed by atoms with E-state index < -0.39 is 12.0 Å². The van der Waals surface area contributed by atoms with Crippen LogP contribution in [0.15, 0.2) is 22.7 Å². The van der Waals surface area contributed by atoms with Crippen molar-refractivity contribution in [3.8, 4) is 5.75 Å². The lowest BCUT2D eigenvalue weighted by Gasteiger charge is -2.27. The molecule has 1 saturated carbocycles. The molecule has 4 nitrogen and oxygen atoms in total. The SMILES string of the molecule is COc1ccc(Br)cc1C(NC1CCCCC1)C(=O)O.